The molecule has 3 aromatic rings. The molecule has 0 amide bonds. The highest BCUT2D eigenvalue weighted by Crippen LogP contribution is 2.32. The van der Waals surface area contributed by atoms with Gasteiger partial charge in [0.1, 0.15) is 17.3 Å². The Morgan fingerprint density at radius 3 is 2.70 bits per heavy atom. The summed E-state index contributed by atoms with van der Waals surface area (Å²) < 4.78 is 27.1. The van der Waals surface area contributed by atoms with Crippen molar-refractivity contribution in [3.8, 4) is 11.3 Å². The minimum Gasteiger partial charge on any atom is -0.383 e. The molecule has 0 aliphatic carbocycles. The fraction of sp³-hybridized carbons (Fsp3) is 0.154. The number of pyridine rings is 1. The summed E-state index contributed by atoms with van der Waals surface area (Å²) in [6.07, 6.45) is 1.21. The van der Waals surface area contributed by atoms with E-state index >= 15 is 0 Å². The van der Waals surface area contributed by atoms with Crippen molar-refractivity contribution < 1.29 is 8.78 Å². The van der Waals surface area contributed by atoms with Crippen LogP contribution in [0.1, 0.15) is 11.4 Å². The fourth-order valence-electron chi connectivity index (χ4n) is 2.27. The second-order valence-electron chi connectivity index (χ2n) is 4.47. The number of hydrogen-bond acceptors (Lipinski definition) is 4. The lowest BCUT2D eigenvalue weighted by atomic mass is 10.1. The normalized spacial score (nSPS) is 11.2. The van der Waals surface area contributed by atoms with Crippen molar-refractivity contribution in [3.63, 3.8) is 0 Å². The molecule has 3 rings (SSSR count). The van der Waals surface area contributed by atoms with Gasteiger partial charge in [-0.2, -0.15) is 4.39 Å². The van der Waals surface area contributed by atoms with Crippen molar-refractivity contribution >= 4 is 16.9 Å². The number of hydrogen-bond donors (Lipinski definition) is 2. The molecule has 0 atom stereocenters. The number of aromatic nitrogens is 4. The maximum atomic E-state index is 13.9. The SMILES string of the molecule is Cc1nc(N)c2c(C)c(-c3ccnc(F)c3F)[nH]c2n1. The first-order valence-electron chi connectivity index (χ1n) is 5.91. The molecule has 0 saturated carbocycles. The van der Waals surface area contributed by atoms with Crippen LogP contribution >= 0.6 is 0 Å². The van der Waals surface area contributed by atoms with Crippen LogP contribution in [0.15, 0.2) is 12.3 Å². The predicted octanol–water partition coefficient (Wildman–Crippen LogP) is 2.50. The van der Waals surface area contributed by atoms with Gasteiger partial charge in [-0.3, -0.25) is 0 Å². The summed E-state index contributed by atoms with van der Waals surface area (Å²) >= 11 is 0. The molecule has 3 N–H and O–H groups in total. The van der Waals surface area contributed by atoms with Crippen LogP contribution in [-0.2, 0) is 0 Å². The van der Waals surface area contributed by atoms with Crippen molar-refractivity contribution in [2.45, 2.75) is 13.8 Å². The lowest BCUT2D eigenvalue weighted by Crippen LogP contribution is -1.96. The van der Waals surface area contributed by atoms with E-state index in [1.807, 2.05) is 0 Å². The first kappa shape index (κ1) is 12.5. The molecule has 102 valence electrons. The molecule has 3 heterocycles. The fourth-order valence-corrected chi connectivity index (χ4v) is 2.27. The van der Waals surface area contributed by atoms with Crippen molar-refractivity contribution in [2.24, 2.45) is 0 Å². The number of nitrogen functional groups attached to an aromatic ring is 1. The van der Waals surface area contributed by atoms with Gasteiger partial charge in [0.2, 0.25) is 5.95 Å². The Bertz CT molecular complexity index is 825. The Morgan fingerprint density at radius 1 is 1.20 bits per heavy atom. The average Bonchev–Trinajstić information content (AvgIpc) is 2.70. The van der Waals surface area contributed by atoms with Crippen LogP contribution in [0.3, 0.4) is 0 Å². The molecule has 0 spiro atoms. The molecule has 0 bridgehead atoms. The topological polar surface area (TPSA) is 80.5 Å². The minimum absolute atomic E-state index is 0.0880. The summed E-state index contributed by atoms with van der Waals surface area (Å²) in [4.78, 5) is 14.5. The van der Waals surface area contributed by atoms with E-state index in [2.05, 4.69) is 19.9 Å². The van der Waals surface area contributed by atoms with Crippen molar-refractivity contribution in [2.75, 3.05) is 5.73 Å². The van der Waals surface area contributed by atoms with Crippen LogP contribution in [0.5, 0.6) is 0 Å². The van der Waals surface area contributed by atoms with Crippen molar-refractivity contribution in [1.29, 1.82) is 0 Å². The Hall–Kier alpha value is -2.57. The van der Waals surface area contributed by atoms with Gasteiger partial charge in [0, 0.05) is 11.8 Å². The Kier molecular flexibility index (Phi) is 2.63. The second-order valence-corrected chi connectivity index (χ2v) is 4.47. The lowest BCUT2D eigenvalue weighted by Gasteiger charge is -2.02. The van der Waals surface area contributed by atoms with E-state index in [-0.39, 0.29) is 5.56 Å². The van der Waals surface area contributed by atoms with E-state index in [0.717, 1.165) is 0 Å². The molecule has 0 radical (unpaired) electrons. The van der Waals surface area contributed by atoms with Gasteiger partial charge in [-0.05, 0) is 25.5 Å². The zero-order valence-electron chi connectivity index (χ0n) is 10.8. The number of nitrogens with one attached hydrogen (secondary N) is 1. The average molecular weight is 275 g/mol. The molecular weight excluding hydrogens is 264 g/mol. The monoisotopic (exact) mass is 275 g/mol. The van der Waals surface area contributed by atoms with Crippen LogP contribution in [0.4, 0.5) is 14.6 Å². The maximum Gasteiger partial charge on any atom is 0.249 e. The summed E-state index contributed by atoms with van der Waals surface area (Å²) in [6, 6.07) is 1.40. The minimum atomic E-state index is -1.14. The van der Waals surface area contributed by atoms with Crippen LogP contribution in [0, 0.1) is 25.6 Å². The number of aromatic amines is 1. The third kappa shape index (κ3) is 1.70. The first-order valence-corrected chi connectivity index (χ1v) is 5.91. The van der Waals surface area contributed by atoms with Gasteiger partial charge in [0.25, 0.3) is 0 Å². The standard InChI is InChI=1S/C13H11F2N5/c1-5-8-12(16)18-6(2)19-13(8)20-10(5)7-3-4-17-11(15)9(7)14/h3-4H,1-2H3,(H3,16,18,19,20). The summed E-state index contributed by atoms with van der Waals surface area (Å²) in [5, 5.41) is 0.613. The Labute approximate surface area is 112 Å². The third-order valence-electron chi connectivity index (χ3n) is 3.16. The highest BCUT2D eigenvalue weighted by molar-refractivity contribution is 5.95. The van der Waals surface area contributed by atoms with E-state index < -0.39 is 11.8 Å². The Morgan fingerprint density at radius 2 is 1.95 bits per heavy atom. The van der Waals surface area contributed by atoms with E-state index in [4.69, 9.17) is 5.73 Å². The van der Waals surface area contributed by atoms with Crippen LogP contribution < -0.4 is 5.73 Å². The van der Waals surface area contributed by atoms with Gasteiger partial charge in [0.05, 0.1) is 11.1 Å². The summed E-state index contributed by atoms with van der Waals surface area (Å²) in [7, 11) is 0. The largest absolute Gasteiger partial charge is 0.383 e. The maximum absolute atomic E-state index is 13.9. The zero-order chi connectivity index (χ0) is 14.4. The molecular formula is C13H11F2N5. The molecule has 3 aromatic heterocycles. The summed E-state index contributed by atoms with van der Waals surface area (Å²) in [5.74, 6) is -1.34. The Balaban J connectivity index is 2.35. The van der Waals surface area contributed by atoms with Gasteiger partial charge in [-0.25, -0.2) is 19.3 Å². The molecule has 0 aliphatic rings. The van der Waals surface area contributed by atoms with E-state index in [1.165, 1.54) is 12.3 Å². The van der Waals surface area contributed by atoms with Gasteiger partial charge >= 0.3 is 0 Å². The van der Waals surface area contributed by atoms with Gasteiger partial charge in [-0.1, -0.05) is 0 Å². The molecule has 5 nitrogen and oxygen atoms in total. The van der Waals surface area contributed by atoms with Crippen LogP contribution in [0.25, 0.3) is 22.3 Å². The van der Waals surface area contributed by atoms with E-state index in [9.17, 15) is 8.78 Å². The smallest absolute Gasteiger partial charge is 0.249 e. The first-order chi connectivity index (χ1) is 9.49. The highest BCUT2D eigenvalue weighted by atomic mass is 19.2. The second kappa shape index (κ2) is 4.22. The summed E-state index contributed by atoms with van der Waals surface area (Å²) in [5.41, 5.74) is 7.54. The molecule has 7 heteroatoms. The molecule has 0 unspecified atom stereocenters. The summed E-state index contributed by atoms with van der Waals surface area (Å²) in [6.45, 7) is 3.46. The molecule has 0 fully saturated rings. The van der Waals surface area contributed by atoms with Gasteiger partial charge < -0.3 is 10.7 Å². The van der Waals surface area contributed by atoms with E-state index in [1.54, 1.807) is 13.8 Å². The van der Waals surface area contributed by atoms with Gasteiger partial charge in [-0.15, -0.1) is 0 Å². The van der Waals surface area contributed by atoms with Crippen molar-refractivity contribution in [1.82, 2.24) is 19.9 Å². The molecule has 0 saturated heterocycles. The zero-order valence-corrected chi connectivity index (χ0v) is 10.8. The van der Waals surface area contributed by atoms with Gasteiger partial charge in [0.15, 0.2) is 5.82 Å². The number of rotatable bonds is 1. The number of nitrogens with zero attached hydrogens (tertiary/aromatic N) is 3. The number of fused-ring (bicyclic) bond motifs is 1. The number of H-pyrrole nitrogens is 1. The number of aryl methyl sites for hydroxylation is 2. The predicted molar refractivity (Wildman–Crippen MR) is 70.9 cm³/mol. The van der Waals surface area contributed by atoms with Crippen LogP contribution in [0.2, 0.25) is 0 Å². The number of anilines is 1. The highest BCUT2D eigenvalue weighted by Gasteiger charge is 2.18. The van der Waals surface area contributed by atoms with Crippen LogP contribution in [-0.4, -0.2) is 19.9 Å². The van der Waals surface area contributed by atoms with Crippen molar-refractivity contribution in [3.05, 3.63) is 35.4 Å². The lowest BCUT2D eigenvalue weighted by molar-refractivity contribution is 0.481. The molecule has 20 heavy (non-hydrogen) atoms. The third-order valence-corrected chi connectivity index (χ3v) is 3.16. The molecule has 0 aliphatic heterocycles. The van der Waals surface area contributed by atoms with E-state index in [0.29, 0.717) is 33.9 Å². The quantitative estimate of drug-likeness (QED) is 0.669. The number of halogens is 2. The molecule has 0 aromatic carbocycles. The number of nitrogens with two attached hydrogens (primary N) is 1.